The van der Waals surface area contributed by atoms with Gasteiger partial charge in [0.05, 0.1) is 13.1 Å². The van der Waals surface area contributed by atoms with Crippen molar-refractivity contribution in [1.29, 1.82) is 0 Å². The van der Waals surface area contributed by atoms with Crippen molar-refractivity contribution >= 4 is 6.09 Å². The predicted octanol–water partition coefficient (Wildman–Crippen LogP) is 3.50. The summed E-state index contributed by atoms with van der Waals surface area (Å²) in [7, 11) is 0. The van der Waals surface area contributed by atoms with Crippen LogP contribution in [0.4, 0.5) is 18.0 Å². The highest BCUT2D eigenvalue weighted by Crippen LogP contribution is 2.29. The molecule has 8 heteroatoms. The molecule has 1 aliphatic rings. The van der Waals surface area contributed by atoms with Crippen LogP contribution in [0.1, 0.15) is 11.3 Å². The van der Waals surface area contributed by atoms with Crippen molar-refractivity contribution < 1.29 is 27.4 Å². The topological polar surface area (TPSA) is 51.7 Å². The van der Waals surface area contributed by atoms with Crippen molar-refractivity contribution in [3.05, 3.63) is 59.8 Å². The Morgan fingerprint density at radius 2 is 1.84 bits per heavy atom. The minimum absolute atomic E-state index is 0.114. The summed E-state index contributed by atoms with van der Waals surface area (Å²) in [6.07, 6.45) is -5.41. The summed E-state index contributed by atoms with van der Waals surface area (Å²) >= 11 is 0. The monoisotopic (exact) mass is 352 g/mol. The molecule has 1 aromatic heterocycles. The Hall–Kier alpha value is -2.77. The van der Waals surface area contributed by atoms with Gasteiger partial charge >= 0.3 is 12.3 Å². The highest BCUT2D eigenvalue weighted by molar-refractivity contribution is 5.68. The molecule has 0 spiro atoms. The van der Waals surface area contributed by atoms with E-state index >= 15 is 0 Å². The van der Waals surface area contributed by atoms with Crippen LogP contribution >= 0.6 is 0 Å². The third-order valence-electron chi connectivity index (χ3n) is 3.61. The summed E-state index contributed by atoms with van der Waals surface area (Å²) in [4.78, 5) is 16.7. The van der Waals surface area contributed by atoms with Crippen molar-refractivity contribution in [2.24, 2.45) is 0 Å². The van der Waals surface area contributed by atoms with E-state index in [4.69, 9.17) is 9.47 Å². The molecular weight excluding hydrogens is 337 g/mol. The first-order chi connectivity index (χ1) is 11.9. The van der Waals surface area contributed by atoms with E-state index in [1.54, 1.807) is 0 Å². The van der Waals surface area contributed by atoms with E-state index in [1.807, 2.05) is 30.3 Å². The van der Waals surface area contributed by atoms with Crippen molar-refractivity contribution in [3.63, 3.8) is 0 Å². The highest BCUT2D eigenvalue weighted by atomic mass is 19.4. The number of amides is 1. The summed E-state index contributed by atoms with van der Waals surface area (Å²) in [5, 5.41) is 0. The van der Waals surface area contributed by atoms with Gasteiger partial charge in [0.15, 0.2) is 0 Å². The van der Waals surface area contributed by atoms with Gasteiger partial charge in [-0.25, -0.2) is 9.78 Å². The first-order valence-corrected chi connectivity index (χ1v) is 7.58. The number of alkyl halides is 3. The smallest absolute Gasteiger partial charge is 0.433 e. The molecule has 0 bridgehead atoms. The number of halogens is 3. The molecule has 0 saturated carbocycles. The zero-order valence-corrected chi connectivity index (χ0v) is 13.1. The predicted molar refractivity (Wildman–Crippen MR) is 81.9 cm³/mol. The van der Waals surface area contributed by atoms with E-state index in [9.17, 15) is 18.0 Å². The molecule has 2 aromatic rings. The molecule has 1 aliphatic heterocycles. The van der Waals surface area contributed by atoms with Gasteiger partial charge in [0.25, 0.3) is 0 Å². The zero-order valence-electron chi connectivity index (χ0n) is 13.1. The van der Waals surface area contributed by atoms with Crippen LogP contribution in [0.25, 0.3) is 0 Å². The zero-order chi connectivity index (χ0) is 17.9. The summed E-state index contributed by atoms with van der Waals surface area (Å²) in [5.41, 5.74) is -0.138. The van der Waals surface area contributed by atoms with Gasteiger partial charge in [-0.2, -0.15) is 13.2 Å². The standard InChI is InChI=1S/C17H15F3N2O3/c18-17(19,20)14-7-4-8-15(21-14)25-13-9-22(10-13)16(23)24-11-12-5-2-1-3-6-12/h1-8,13H,9-11H2. The lowest BCUT2D eigenvalue weighted by Gasteiger charge is -2.37. The van der Waals surface area contributed by atoms with Crippen LogP contribution < -0.4 is 4.74 Å². The molecule has 1 amide bonds. The van der Waals surface area contributed by atoms with E-state index < -0.39 is 24.1 Å². The minimum atomic E-state index is -4.52. The molecule has 0 radical (unpaired) electrons. The number of carbonyl (C=O) groups excluding carboxylic acids is 1. The van der Waals surface area contributed by atoms with Crippen molar-refractivity contribution in [3.8, 4) is 5.88 Å². The molecule has 1 saturated heterocycles. The first-order valence-electron chi connectivity index (χ1n) is 7.58. The van der Waals surface area contributed by atoms with Crippen LogP contribution in [0.15, 0.2) is 48.5 Å². The fraction of sp³-hybridized carbons (Fsp3) is 0.294. The van der Waals surface area contributed by atoms with Crippen LogP contribution in [0.2, 0.25) is 0 Å². The number of ether oxygens (including phenoxy) is 2. The lowest BCUT2D eigenvalue weighted by Crippen LogP contribution is -2.56. The maximum absolute atomic E-state index is 12.6. The van der Waals surface area contributed by atoms with E-state index in [2.05, 4.69) is 4.98 Å². The number of aromatic nitrogens is 1. The van der Waals surface area contributed by atoms with Gasteiger partial charge in [0.2, 0.25) is 5.88 Å². The number of nitrogens with zero attached hydrogens (tertiary/aromatic N) is 2. The van der Waals surface area contributed by atoms with Gasteiger partial charge in [-0.3, -0.25) is 0 Å². The molecule has 0 N–H and O–H groups in total. The van der Waals surface area contributed by atoms with Crippen LogP contribution in [-0.2, 0) is 17.5 Å². The van der Waals surface area contributed by atoms with Gasteiger partial charge in [-0.15, -0.1) is 0 Å². The number of likely N-dealkylation sites (tertiary alicyclic amines) is 1. The van der Waals surface area contributed by atoms with Crippen molar-refractivity contribution in [2.75, 3.05) is 13.1 Å². The Labute approximate surface area is 142 Å². The van der Waals surface area contributed by atoms with Crippen molar-refractivity contribution in [1.82, 2.24) is 9.88 Å². The van der Waals surface area contributed by atoms with Gasteiger partial charge in [-0.1, -0.05) is 36.4 Å². The fourth-order valence-corrected chi connectivity index (χ4v) is 2.28. The first kappa shape index (κ1) is 17.1. The molecule has 0 aliphatic carbocycles. The number of hydrogen-bond acceptors (Lipinski definition) is 4. The Kier molecular flexibility index (Phi) is 4.78. The van der Waals surface area contributed by atoms with Gasteiger partial charge in [-0.05, 0) is 11.6 Å². The van der Waals surface area contributed by atoms with E-state index in [0.717, 1.165) is 11.6 Å². The molecular formula is C17H15F3N2O3. The van der Waals surface area contributed by atoms with Crippen LogP contribution in [0.3, 0.4) is 0 Å². The van der Waals surface area contributed by atoms with Crippen molar-refractivity contribution in [2.45, 2.75) is 18.9 Å². The lowest BCUT2D eigenvalue weighted by molar-refractivity contribution is -0.141. The summed E-state index contributed by atoms with van der Waals surface area (Å²) < 4.78 is 48.3. The minimum Gasteiger partial charge on any atom is -0.471 e. The fourth-order valence-electron chi connectivity index (χ4n) is 2.28. The largest absolute Gasteiger partial charge is 0.471 e. The molecule has 5 nitrogen and oxygen atoms in total. The molecule has 132 valence electrons. The second kappa shape index (κ2) is 7.00. The average Bonchev–Trinajstić information content (AvgIpc) is 2.56. The molecule has 3 rings (SSSR count). The molecule has 0 atom stereocenters. The molecule has 2 heterocycles. The maximum atomic E-state index is 12.6. The SMILES string of the molecule is O=C(OCc1ccccc1)N1CC(Oc2cccc(C(F)(F)F)n2)C1. The van der Waals surface area contributed by atoms with Gasteiger partial charge in [0, 0.05) is 6.07 Å². The van der Waals surface area contributed by atoms with Crippen LogP contribution in [0.5, 0.6) is 5.88 Å². The maximum Gasteiger partial charge on any atom is 0.433 e. The van der Waals surface area contributed by atoms with Crippen LogP contribution in [-0.4, -0.2) is 35.2 Å². The number of rotatable bonds is 4. The second-order valence-electron chi connectivity index (χ2n) is 5.54. The summed E-state index contributed by atoms with van der Waals surface area (Å²) in [6, 6.07) is 12.7. The highest BCUT2D eigenvalue weighted by Gasteiger charge is 2.35. The normalized spacial score (nSPS) is 14.8. The van der Waals surface area contributed by atoms with E-state index in [-0.39, 0.29) is 25.6 Å². The second-order valence-corrected chi connectivity index (χ2v) is 5.54. The lowest BCUT2D eigenvalue weighted by atomic mass is 10.2. The van der Waals surface area contributed by atoms with E-state index in [0.29, 0.717) is 0 Å². The number of hydrogen-bond donors (Lipinski definition) is 0. The summed E-state index contributed by atoms with van der Waals surface area (Å²) in [5.74, 6) is -0.114. The number of carbonyl (C=O) groups is 1. The molecule has 1 aromatic carbocycles. The Morgan fingerprint density at radius 1 is 1.12 bits per heavy atom. The Morgan fingerprint density at radius 3 is 2.52 bits per heavy atom. The molecule has 1 fully saturated rings. The van der Waals surface area contributed by atoms with E-state index in [1.165, 1.54) is 17.0 Å². The summed E-state index contributed by atoms with van der Waals surface area (Å²) in [6.45, 7) is 0.647. The number of benzene rings is 1. The third-order valence-corrected chi connectivity index (χ3v) is 3.61. The quantitative estimate of drug-likeness (QED) is 0.845. The van der Waals surface area contributed by atoms with Gasteiger partial charge < -0.3 is 14.4 Å². The average molecular weight is 352 g/mol. The van der Waals surface area contributed by atoms with Crippen LogP contribution in [0, 0.1) is 0 Å². The Bertz CT molecular complexity index is 731. The molecule has 25 heavy (non-hydrogen) atoms. The molecule has 0 unspecified atom stereocenters. The third kappa shape index (κ3) is 4.40. The number of pyridine rings is 1. The Balaban J connectivity index is 1.46. The van der Waals surface area contributed by atoms with Gasteiger partial charge in [0.1, 0.15) is 18.4 Å².